The third-order valence-corrected chi connectivity index (χ3v) is 5.81. The van der Waals surface area contributed by atoms with E-state index in [1.54, 1.807) is 12.1 Å². The first-order chi connectivity index (χ1) is 17.2. The number of alkyl halides is 3. The van der Waals surface area contributed by atoms with Gasteiger partial charge in [-0.15, -0.1) is 0 Å². The Bertz CT molecular complexity index is 1300. The Hall–Kier alpha value is -3.73. The number of methoxy groups -OCH3 is 1. The van der Waals surface area contributed by atoms with Gasteiger partial charge in [0.2, 0.25) is 12.7 Å². The Morgan fingerprint density at radius 3 is 2.67 bits per heavy atom. The van der Waals surface area contributed by atoms with E-state index in [2.05, 4.69) is 26.5 Å². The second-order valence-corrected chi connectivity index (χ2v) is 8.52. The molecule has 188 valence electrons. The molecule has 0 unspecified atom stereocenters. The molecule has 1 aliphatic heterocycles. The topological polar surface area (TPSA) is 78.4 Å². The largest absolute Gasteiger partial charge is 0.493 e. The first-order valence-corrected chi connectivity index (χ1v) is 11.4. The van der Waals surface area contributed by atoms with E-state index in [0.29, 0.717) is 33.0 Å². The van der Waals surface area contributed by atoms with Gasteiger partial charge >= 0.3 is 6.18 Å². The summed E-state index contributed by atoms with van der Waals surface area (Å²) in [6.07, 6.45) is -3.34. The van der Waals surface area contributed by atoms with Crippen LogP contribution in [-0.4, -0.2) is 26.0 Å². The summed E-state index contributed by atoms with van der Waals surface area (Å²) in [6.45, 7) is 0.452. The molecular formula is C25H20BrF3N2O5. The fraction of sp³-hybridized carbons (Fsp3) is 0.200. The van der Waals surface area contributed by atoms with Gasteiger partial charge in [-0.05, 0) is 57.4 Å². The van der Waals surface area contributed by atoms with Crippen LogP contribution in [-0.2, 0) is 24.0 Å². The van der Waals surface area contributed by atoms with E-state index < -0.39 is 17.6 Å². The average Bonchev–Trinajstić information content (AvgIpc) is 3.31. The number of ether oxygens (including phenoxy) is 4. The summed E-state index contributed by atoms with van der Waals surface area (Å²) >= 11 is 3.44. The van der Waals surface area contributed by atoms with Crippen molar-refractivity contribution in [3.8, 4) is 23.0 Å². The van der Waals surface area contributed by atoms with Crippen molar-refractivity contribution >= 4 is 28.1 Å². The molecule has 36 heavy (non-hydrogen) atoms. The van der Waals surface area contributed by atoms with Gasteiger partial charge < -0.3 is 18.9 Å². The lowest BCUT2D eigenvalue weighted by Crippen LogP contribution is -2.20. The number of benzene rings is 3. The number of nitrogens with zero attached hydrogens (tertiary/aromatic N) is 1. The summed E-state index contributed by atoms with van der Waals surface area (Å²) < 4.78 is 61.2. The second kappa shape index (κ2) is 10.9. The van der Waals surface area contributed by atoms with Gasteiger partial charge in [0.25, 0.3) is 0 Å². The third-order valence-electron chi connectivity index (χ3n) is 5.13. The van der Waals surface area contributed by atoms with Gasteiger partial charge in [-0.2, -0.15) is 18.3 Å². The molecule has 0 saturated heterocycles. The van der Waals surface area contributed by atoms with Crippen molar-refractivity contribution in [3.05, 3.63) is 81.3 Å². The van der Waals surface area contributed by atoms with Crippen LogP contribution in [0.5, 0.6) is 23.0 Å². The number of hydrogen-bond donors (Lipinski definition) is 1. The zero-order valence-corrected chi connectivity index (χ0v) is 20.5. The molecule has 7 nitrogen and oxygen atoms in total. The molecule has 0 aromatic heterocycles. The van der Waals surface area contributed by atoms with E-state index in [-0.39, 0.29) is 25.4 Å². The zero-order valence-electron chi connectivity index (χ0n) is 18.9. The minimum absolute atomic E-state index is 0.190. The summed E-state index contributed by atoms with van der Waals surface area (Å²) in [5.74, 6) is 1.70. The van der Waals surface area contributed by atoms with E-state index in [1.165, 1.54) is 25.5 Å². The van der Waals surface area contributed by atoms with E-state index in [9.17, 15) is 18.0 Å². The maximum absolute atomic E-state index is 12.8. The van der Waals surface area contributed by atoms with Crippen molar-refractivity contribution in [2.24, 2.45) is 5.10 Å². The highest BCUT2D eigenvalue weighted by Gasteiger charge is 2.30. The third kappa shape index (κ3) is 6.28. The van der Waals surface area contributed by atoms with E-state index in [4.69, 9.17) is 18.9 Å². The normalized spacial score (nSPS) is 12.6. The first-order valence-electron chi connectivity index (χ1n) is 10.6. The van der Waals surface area contributed by atoms with Gasteiger partial charge in [0.15, 0.2) is 23.0 Å². The number of hydrazone groups is 1. The Balaban J connectivity index is 1.37. The van der Waals surface area contributed by atoms with E-state index in [0.717, 1.165) is 17.7 Å². The molecule has 11 heteroatoms. The van der Waals surface area contributed by atoms with Crippen LogP contribution in [0.25, 0.3) is 0 Å². The molecule has 1 heterocycles. The Labute approximate surface area is 212 Å². The highest BCUT2D eigenvalue weighted by molar-refractivity contribution is 9.10. The fourth-order valence-corrected chi connectivity index (χ4v) is 3.80. The summed E-state index contributed by atoms with van der Waals surface area (Å²) in [5, 5.41) is 3.90. The molecule has 0 bridgehead atoms. The quantitative estimate of drug-likeness (QED) is 0.289. The average molecular weight is 565 g/mol. The maximum atomic E-state index is 12.8. The molecule has 0 aliphatic carbocycles. The lowest BCUT2D eigenvalue weighted by Gasteiger charge is -2.13. The SMILES string of the molecule is COc1cc(/C=N/NC(=O)Cc2cccc(C(F)(F)F)c2)c(Br)cc1OCc1ccc2c(c1)OCO2. The summed E-state index contributed by atoms with van der Waals surface area (Å²) in [5.41, 5.74) is 3.20. The molecule has 0 spiro atoms. The lowest BCUT2D eigenvalue weighted by molar-refractivity contribution is -0.137. The second-order valence-electron chi connectivity index (χ2n) is 7.67. The van der Waals surface area contributed by atoms with Gasteiger partial charge in [0.1, 0.15) is 6.61 Å². The van der Waals surface area contributed by atoms with Gasteiger partial charge in [0.05, 0.1) is 25.3 Å². The number of hydrogen-bond acceptors (Lipinski definition) is 6. The summed E-state index contributed by atoms with van der Waals surface area (Å²) in [4.78, 5) is 12.1. The van der Waals surface area contributed by atoms with Crippen molar-refractivity contribution in [1.82, 2.24) is 5.43 Å². The van der Waals surface area contributed by atoms with E-state index >= 15 is 0 Å². The van der Waals surface area contributed by atoms with Crippen LogP contribution in [0.1, 0.15) is 22.3 Å². The van der Waals surface area contributed by atoms with Crippen LogP contribution in [0.2, 0.25) is 0 Å². The maximum Gasteiger partial charge on any atom is 0.416 e. The Morgan fingerprint density at radius 2 is 1.89 bits per heavy atom. The standard InChI is InChI=1S/C25H20BrF3N2O5/c1-33-21-10-17(12-30-31-24(32)9-15-3-2-4-18(7-15)25(27,28)29)19(26)11-23(21)34-13-16-5-6-20-22(8-16)36-14-35-20/h2-8,10-12H,9,13-14H2,1H3,(H,31,32)/b30-12+. The number of rotatable bonds is 8. The molecule has 3 aromatic carbocycles. The predicted molar refractivity (Wildman–Crippen MR) is 128 cm³/mol. The van der Waals surface area contributed by atoms with Crippen molar-refractivity contribution in [3.63, 3.8) is 0 Å². The summed E-state index contributed by atoms with van der Waals surface area (Å²) in [7, 11) is 1.49. The van der Waals surface area contributed by atoms with Crippen LogP contribution in [0.4, 0.5) is 13.2 Å². The minimum atomic E-state index is -4.48. The molecule has 0 radical (unpaired) electrons. The smallest absolute Gasteiger partial charge is 0.416 e. The van der Waals surface area contributed by atoms with E-state index in [1.807, 2.05) is 18.2 Å². The molecule has 0 atom stereocenters. The van der Waals surface area contributed by atoms with Crippen LogP contribution in [0.3, 0.4) is 0 Å². The lowest BCUT2D eigenvalue weighted by atomic mass is 10.1. The van der Waals surface area contributed by atoms with Crippen LogP contribution in [0.15, 0.2) is 64.2 Å². The van der Waals surface area contributed by atoms with Crippen molar-refractivity contribution in [2.75, 3.05) is 13.9 Å². The zero-order chi connectivity index (χ0) is 25.7. The van der Waals surface area contributed by atoms with Crippen molar-refractivity contribution in [1.29, 1.82) is 0 Å². The number of halogens is 4. The van der Waals surface area contributed by atoms with Gasteiger partial charge in [-0.1, -0.05) is 24.3 Å². The molecular weight excluding hydrogens is 545 g/mol. The summed E-state index contributed by atoms with van der Waals surface area (Å²) in [6, 6.07) is 13.5. The number of nitrogens with one attached hydrogen (secondary N) is 1. The fourth-order valence-electron chi connectivity index (χ4n) is 3.37. The molecule has 1 N–H and O–H groups in total. The Morgan fingerprint density at radius 1 is 1.08 bits per heavy atom. The molecule has 1 aliphatic rings. The van der Waals surface area contributed by atoms with Gasteiger partial charge in [-0.3, -0.25) is 4.79 Å². The molecule has 0 saturated carbocycles. The highest BCUT2D eigenvalue weighted by Crippen LogP contribution is 2.35. The highest BCUT2D eigenvalue weighted by atomic mass is 79.9. The van der Waals surface area contributed by atoms with Gasteiger partial charge in [-0.25, -0.2) is 5.43 Å². The molecule has 0 fully saturated rings. The van der Waals surface area contributed by atoms with Crippen molar-refractivity contribution in [2.45, 2.75) is 19.2 Å². The monoisotopic (exact) mass is 564 g/mol. The van der Waals surface area contributed by atoms with Crippen LogP contribution in [0, 0.1) is 0 Å². The number of carbonyl (C=O) groups excluding carboxylic acids is 1. The van der Waals surface area contributed by atoms with Crippen molar-refractivity contribution < 1.29 is 36.9 Å². The molecule has 1 amide bonds. The van der Waals surface area contributed by atoms with Gasteiger partial charge in [0, 0.05) is 10.0 Å². The number of amides is 1. The first kappa shape index (κ1) is 25.4. The molecule has 3 aromatic rings. The predicted octanol–water partition coefficient (Wildman–Crippen LogP) is 5.48. The number of fused-ring (bicyclic) bond motifs is 1. The van der Waals surface area contributed by atoms with Crippen LogP contribution >= 0.6 is 15.9 Å². The minimum Gasteiger partial charge on any atom is -0.493 e. The Kier molecular flexibility index (Phi) is 7.68. The molecule has 4 rings (SSSR count). The number of carbonyl (C=O) groups is 1. The van der Waals surface area contributed by atoms with Crippen LogP contribution < -0.4 is 24.4 Å².